The van der Waals surface area contributed by atoms with E-state index in [0.29, 0.717) is 10.2 Å². The fraction of sp³-hybridized carbons (Fsp3) is 0.125. The summed E-state index contributed by atoms with van der Waals surface area (Å²) < 4.78 is 37.0. The maximum Gasteiger partial charge on any atom is 0.416 e. The molecule has 1 aromatic carbocycles. The van der Waals surface area contributed by atoms with Crippen molar-refractivity contribution in [2.24, 2.45) is 0 Å². The first kappa shape index (κ1) is 10.8. The standard InChI is InChI=1S/C8H5F3IO/c9-8(10,11)6-1-2-7(12)5(3-6)4-13/h1-4,13H. The third-order valence-electron chi connectivity index (χ3n) is 1.46. The van der Waals surface area contributed by atoms with E-state index in [9.17, 15) is 13.2 Å². The number of aliphatic hydroxyl groups is 1. The largest absolute Gasteiger partial charge is 0.416 e. The van der Waals surface area contributed by atoms with Crippen LogP contribution in [0.4, 0.5) is 13.2 Å². The fourth-order valence-electron chi connectivity index (χ4n) is 0.819. The van der Waals surface area contributed by atoms with Gasteiger partial charge in [-0.3, -0.25) is 0 Å². The van der Waals surface area contributed by atoms with Gasteiger partial charge >= 0.3 is 6.18 Å². The van der Waals surface area contributed by atoms with Crippen LogP contribution < -0.4 is 0 Å². The van der Waals surface area contributed by atoms with Crippen molar-refractivity contribution in [3.63, 3.8) is 0 Å². The van der Waals surface area contributed by atoms with Crippen LogP contribution in [0.15, 0.2) is 18.2 Å². The summed E-state index contributed by atoms with van der Waals surface area (Å²) in [4.78, 5) is 0. The van der Waals surface area contributed by atoms with Crippen molar-refractivity contribution in [2.75, 3.05) is 0 Å². The minimum atomic E-state index is -4.36. The van der Waals surface area contributed by atoms with Crippen LogP contribution in [0.5, 0.6) is 0 Å². The summed E-state index contributed by atoms with van der Waals surface area (Å²) in [5.74, 6) is 0. The average molecular weight is 301 g/mol. The average Bonchev–Trinajstić information content (AvgIpc) is 2.03. The van der Waals surface area contributed by atoms with Crippen LogP contribution in [0.2, 0.25) is 0 Å². The van der Waals surface area contributed by atoms with Gasteiger partial charge in [-0.15, -0.1) is 0 Å². The molecule has 0 unspecified atom stereocenters. The molecule has 0 saturated carbocycles. The monoisotopic (exact) mass is 301 g/mol. The summed E-state index contributed by atoms with van der Waals surface area (Å²) in [6.45, 7) is 0.664. The number of hydrogen-bond acceptors (Lipinski definition) is 1. The normalized spacial score (nSPS) is 11.8. The van der Waals surface area contributed by atoms with Crippen LogP contribution in [-0.4, -0.2) is 5.11 Å². The lowest BCUT2D eigenvalue weighted by molar-refractivity contribution is -0.137. The first-order valence-corrected chi connectivity index (χ1v) is 4.37. The first-order chi connectivity index (χ1) is 5.95. The Balaban J connectivity index is 3.14. The molecule has 0 aliphatic rings. The van der Waals surface area contributed by atoms with E-state index in [0.717, 1.165) is 12.1 Å². The van der Waals surface area contributed by atoms with Crippen molar-refractivity contribution in [3.8, 4) is 0 Å². The first-order valence-electron chi connectivity index (χ1n) is 3.29. The highest BCUT2D eigenvalue weighted by Gasteiger charge is 2.30. The molecule has 1 radical (unpaired) electrons. The van der Waals surface area contributed by atoms with E-state index in [1.807, 2.05) is 22.6 Å². The molecule has 0 amide bonds. The lowest BCUT2D eigenvalue weighted by Gasteiger charge is -2.08. The zero-order valence-corrected chi connectivity index (χ0v) is 8.43. The topological polar surface area (TPSA) is 20.2 Å². The van der Waals surface area contributed by atoms with Gasteiger partial charge in [-0.2, -0.15) is 13.2 Å². The Morgan fingerprint density at radius 2 is 1.92 bits per heavy atom. The maximum atomic E-state index is 12.1. The molecule has 0 aliphatic carbocycles. The van der Waals surface area contributed by atoms with E-state index < -0.39 is 11.7 Å². The quantitative estimate of drug-likeness (QED) is 0.790. The number of hydrogen-bond donors (Lipinski definition) is 1. The molecule has 1 N–H and O–H groups in total. The molecule has 0 fully saturated rings. The summed E-state index contributed by atoms with van der Waals surface area (Å²) in [7, 11) is 0. The minimum Gasteiger partial charge on any atom is -0.385 e. The SMILES string of the molecule is O[CH]c1cc(C(F)(F)F)ccc1I. The van der Waals surface area contributed by atoms with Crippen LogP contribution in [0.3, 0.4) is 0 Å². The molecule has 1 nitrogen and oxygen atoms in total. The summed E-state index contributed by atoms with van der Waals surface area (Å²) >= 11 is 1.85. The van der Waals surface area contributed by atoms with Gasteiger partial charge in [-0.05, 0) is 46.4 Å². The van der Waals surface area contributed by atoms with Gasteiger partial charge in [0.1, 0.15) is 6.61 Å². The van der Waals surface area contributed by atoms with E-state index in [1.54, 1.807) is 0 Å². The van der Waals surface area contributed by atoms with Crippen LogP contribution in [0, 0.1) is 10.2 Å². The Bertz CT molecular complexity index is 309. The molecule has 1 aromatic rings. The molecular weight excluding hydrogens is 296 g/mol. The smallest absolute Gasteiger partial charge is 0.385 e. The van der Waals surface area contributed by atoms with Gasteiger partial charge in [0.15, 0.2) is 0 Å². The molecule has 0 aliphatic heterocycles. The van der Waals surface area contributed by atoms with Crippen molar-refractivity contribution in [1.29, 1.82) is 0 Å². The van der Waals surface area contributed by atoms with Gasteiger partial charge in [-0.25, -0.2) is 0 Å². The third kappa shape index (κ3) is 2.57. The molecule has 1 rings (SSSR count). The molecule has 0 saturated heterocycles. The fourth-order valence-corrected chi connectivity index (χ4v) is 1.29. The van der Waals surface area contributed by atoms with E-state index in [1.165, 1.54) is 6.07 Å². The molecular formula is C8H5F3IO. The molecule has 0 heterocycles. The van der Waals surface area contributed by atoms with Crippen LogP contribution in [0.25, 0.3) is 0 Å². The molecule has 0 aromatic heterocycles. The van der Waals surface area contributed by atoms with Crippen molar-refractivity contribution in [2.45, 2.75) is 6.18 Å². The van der Waals surface area contributed by atoms with E-state index in [-0.39, 0.29) is 5.56 Å². The predicted molar refractivity (Wildman–Crippen MR) is 49.5 cm³/mol. The second kappa shape index (κ2) is 3.83. The Hall–Kier alpha value is -0.300. The summed E-state index contributed by atoms with van der Waals surface area (Å²) in [5.41, 5.74) is -0.580. The lowest BCUT2D eigenvalue weighted by atomic mass is 10.1. The van der Waals surface area contributed by atoms with Crippen molar-refractivity contribution >= 4 is 22.6 Å². The molecule has 0 bridgehead atoms. The molecule has 13 heavy (non-hydrogen) atoms. The van der Waals surface area contributed by atoms with Gasteiger partial charge in [0, 0.05) is 3.57 Å². The summed E-state index contributed by atoms with van der Waals surface area (Å²) in [6, 6.07) is 3.20. The Morgan fingerprint density at radius 3 is 2.38 bits per heavy atom. The van der Waals surface area contributed by atoms with Crippen LogP contribution in [-0.2, 0) is 6.18 Å². The van der Waals surface area contributed by atoms with Crippen molar-refractivity contribution in [3.05, 3.63) is 39.5 Å². The molecule has 71 valence electrons. The number of halogens is 4. The second-order valence-electron chi connectivity index (χ2n) is 2.36. The number of alkyl halides is 3. The lowest BCUT2D eigenvalue weighted by Crippen LogP contribution is -2.05. The second-order valence-corrected chi connectivity index (χ2v) is 3.53. The Kier molecular flexibility index (Phi) is 3.18. The Morgan fingerprint density at radius 1 is 1.31 bits per heavy atom. The summed E-state index contributed by atoms with van der Waals surface area (Å²) in [5, 5.41) is 8.61. The van der Waals surface area contributed by atoms with E-state index >= 15 is 0 Å². The van der Waals surface area contributed by atoms with Gasteiger partial charge in [0.25, 0.3) is 0 Å². The van der Waals surface area contributed by atoms with Crippen molar-refractivity contribution < 1.29 is 18.3 Å². The summed E-state index contributed by atoms with van der Waals surface area (Å²) in [6.07, 6.45) is -4.36. The predicted octanol–water partition coefficient (Wildman–Crippen LogP) is 3.19. The van der Waals surface area contributed by atoms with Gasteiger partial charge in [-0.1, -0.05) is 0 Å². The minimum absolute atomic E-state index is 0.176. The number of aliphatic hydroxyl groups excluding tert-OH is 1. The molecule has 0 spiro atoms. The van der Waals surface area contributed by atoms with Crippen molar-refractivity contribution in [1.82, 2.24) is 0 Å². The van der Waals surface area contributed by atoms with E-state index in [2.05, 4.69) is 0 Å². The molecule has 0 atom stereocenters. The maximum absolute atomic E-state index is 12.1. The van der Waals surface area contributed by atoms with Gasteiger partial charge in [0.05, 0.1) is 5.56 Å². The third-order valence-corrected chi connectivity index (χ3v) is 2.44. The van der Waals surface area contributed by atoms with E-state index in [4.69, 9.17) is 5.11 Å². The Labute approximate surface area is 86.7 Å². The van der Waals surface area contributed by atoms with Gasteiger partial charge in [0.2, 0.25) is 0 Å². The highest BCUT2D eigenvalue weighted by Crippen LogP contribution is 2.31. The van der Waals surface area contributed by atoms with Crippen LogP contribution >= 0.6 is 22.6 Å². The number of benzene rings is 1. The van der Waals surface area contributed by atoms with Crippen LogP contribution in [0.1, 0.15) is 11.1 Å². The van der Waals surface area contributed by atoms with Gasteiger partial charge < -0.3 is 5.11 Å². The zero-order chi connectivity index (χ0) is 10.1. The highest BCUT2D eigenvalue weighted by molar-refractivity contribution is 14.1. The zero-order valence-electron chi connectivity index (χ0n) is 6.27. The number of rotatable bonds is 1. The highest BCUT2D eigenvalue weighted by atomic mass is 127. The molecule has 5 heteroatoms.